The minimum Gasteiger partial charge on any atom is -0.394 e. The zero-order chi connectivity index (χ0) is 10.8. The van der Waals surface area contributed by atoms with Crippen molar-refractivity contribution in [2.24, 2.45) is 0 Å². The van der Waals surface area contributed by atoms with E-state index in [1.807, 2.05) is 0 Å². The number of nitrogen functional groups attached to an aromatic ring is 1. The van der Waals surface area contributed by atoms with Crippen LogP contribution >= 0.6 is 11.6 Å². The Morgan fingerprint density at radius 3 is 3.00 bits per heavy atom. The minimum absolute atomic E-state index is 0.0123. The molecule has 0 radical (unpaired) electrons. The molecule has 1 aliphatic rings. The van der Waals surface area contributed by atoms with Gasteiger partial charge in [-0.15, -0.1) is 0 Å². The minimum atomic E-state index is -0.335. The van der Waals surface area contributed by atoms with Gasteiger partial charge in [-0.25, -0.2) is 4.98 Å². The number of rotatable bonds is 2. The molecular weight excluding hydrogens is 216 g/mol. The molecule has 1 aromatic rings. The lowest BCUT2D eigenvalue weighted by Gasteiger charge is -2.17. The average molecular weight is 229 g/mol. The summed E-state index contributed by atoms with van der Waals surface area (Å²) in [6.45, 7) is 0. The van der Waals surface area contributed by atoms with Crippen LogP contribution in [0.2, 0.25) is 5.28 Å². The highest BCUT2D eigenvalue weighted by Gasteiger charge is 2.25. The first-order valence-electron chi connectivity index (χ1n) is 4.89. The van der Waals surface area contributed by atoms with Crippen LogP contribution in [0.25, 0.3) is 0 Å². The van der Waals surface area contributed by atoms with Gasteiger partial charge in [-0.3, -0.25) is 0 Å². The maximum atomic E-state index is 9.63. The molecule has 1 aromatic heterocycles. The van der Waals surface area contributed by atoms with Crippen molar-refractivity contribution in [1.29, 1.82) is 0 Å². The van der Waals surface area contributed by atoms with Gasteiger partial charge in [0.15, 0.2) is 5.82 Å². The van der Waals surface area contributed by atoms with Crippen molar-refractivity contribution in [3.05, 3.63) is 11.5 Å². The van der Waals surface area contributed by atoms with Crippen molar-refractivity contribution in [3.8, 4) is 0 Å². The molecule has 5 nitrogen and oxygen atoms in total. The number of nitrogens with two attached hydrogens (primary N) is 1. The van der Waals surface area contributed by atoms with Crippen molar-refractivity contribution < 1.29 is 5.11 Å². The van der Waals surface area contributed by atoms with E-state index in [0.29, 0.717) is 11.5 Å². The van der Waals surface area contributed by atoms with Gasteiger partial charge in [-0.2, -0.15) is 4.98 Å². The Bertz CT molecular complexity index is 360. The summed E-state index contributed by atoms with van der Waals surface area (Å²) < 4.78 is 0. The molecule has 0 aliphatic heterocycles. The number of hydrogen-bond donors (Lipinski definition) is 3. The molecule has 1 heterocycles. The second-order valence-corrected chi connectivity index (χ2v) is 4.03. The number of aliphatic hydroxyl groups is 1. The van der Waals surface area contributed by atoms with E-state index in [2.05, 4.69) is 15.3 Å². The lowest BCUT2D eigenvalue weighted by molar-refractivity contribution is 0.171. The van der Waals surface area contributed by atoms with Crippen molar-refractivity contribution in [2.45, 2.75) is 31.4 Å². The smallest absolute Gasteiger partial charge is 0.224 e. The summed E-state index contributed by atoms with van der Waals surface area (Å²) in [6.07, 6.45) is 3.87. The molecule has 1 saturated carbocycles. The fourth-order valence-electron chi connectivity index (χ4n) is 1.77. The molecule has 6 heteroatoms. The first-order valence-corrected chi connectivity index (χ1v) is 5.27. The molecule has 0 unspecified atom stereocenters. The van der Waals surface area contributed by atoms with Crippen LogP contribution in [0, 0.1) is 0 Å². The monoisotopic (exact) mass is 228 g/mol. The summed E-state index contributed by atoms with van der Waals surface area (Å²) in [7, 11) is 0. The standard InChI is InChI=1S/C9H13ClN4O/c10-9-12-4-5(11)8(14-9)13-6-2-1-3-7(6)15/h4,6-7,15H,1-3,11H2,(H,12,13,14)/t6-,7-/m0/s1. The highest BCUT2D eigenvalue weighted by atomic mass is 35.5. The third-order valence-corrected chi connectivity index (χ3v) is 2.77. The van der Waals surface area contributed by atoms with Gasteiger partial charge >= 0.3 is 0 Å². The predicted molar refractivity (Wildman–Crippen MR) is 58.7 cm³/mol. The van der Waals surface area contributed by atoms with Crippen LogP contribution in [0.3, 0.4) is 0 Å². The molecule has 4 N–H and O–H groups in total. The van der Waals surface area contributed by atoms with Crippen LogP contribution in [0.5, 0.6) is 0 Å². The first-order chi connectivity index (χ1) is 7.16. The zero-order valence-electron chi connectivity index (χ0n) is 8.15. The summed E-state index contributed by atoms with van der Waals surface area (Å²) in [5.41, 5.74) is 6.13. The highest BCUT2D eigenvalue weighted by Crippen LogP contribution is 2.24. The van der Waals surface area contributed by atoms with Gasteiger partial charge in [0.25, 0.3) is 0 Å². The van der Waals surface area contributed by atoms with Crippen molar-refractivity contribution in [1.82, 2.24) is 9.97 Å². The van der Waals surface area contributed by atoms with Crippen LogP contribution in [0.15, 0.2) is 6.20 Å². The van der Waals surface area contributed by atoms with Crippen molar-refractivity contribution >= 4 is 23.1 Å². The van der Waals surface area contributed by atoms with E-state index >= 15 is 0 Å². The molecule has 0 amide bonds. The summed E-state index contributed by atoms with van der Waals surface area (Å²) in [6, 6.07) is 0.0123. The van der Waals surface area contributed by atoms with Gasteiger partial charge in [-0.1, -0.05) is 0 Å². The SMILES string of the molecule is Nc1cnc(Cl)nc1N[C@H]1CCC[C@@H]1O. The van der Waals surface area contributed by atoms with E-state index in [-0.39, 0.29) is 17.4 Å². The number of nitrogens with one attached hydrogen (secondary N) is 1. The predicted octanol–water partition coefficient (Wildman–Crippen LogP) is 1.04. The third kappa shape index (κ3) is 2.30. The van der Waals surface area contributed by atoms with E-state index in [9.17, 15) is 5.11 Å². The van der Waals surface area contributed by atoms with E-state index in [0.717, 1.165) is 19.3 Å². The quantitative estimate of drug-likeness (QED) is 0.659. The average Bonchev–Trinajstić information content (AvgIpc) is 2.58. The van der Waals surface area contributed by atoms with E-state index in [1.165, 1.54) is 6.20 Å². The number of halogens is 1. The number of nitrogens with zero attached hydrogens (tertiary/aromatic N) is 2. The van der Waals surface area contributed by atoms with Crippen LogP contribution in [0.4, 0.5) is 11.5 Å². The lowest BCUT2D eigenvalue weighted by atomic mass is 10.2. The summed E-state index contributed by atoms with van der Waals surface area (Å²) in [5, 5.41) is 12.9. The number of aromatic nitrogens is 2. The van der Waals surface area contributed by atoms with Gasteiger partial charge in [0, 0.05) is 0 Å². The second-order valence-electron chi connectivity index (χ2n) is 3.69. The first kappa shape index (κ1) is 10.4. The van der Waals surface area contributed by atoms with Gasteiger partial charge in [-0.05, 0) is 30.9 Å². The maximum absolute atomic E-state index is 9.63. The Labute approximate surface area is 92.7 Å². The van der Waals surface area contributed by atoms with Gasteiger partial charge < -0.3 is 16.2 Å². The molecule has 15 heavy (non-hydrogen) atoms. The van der Waals surface area contributed by atoms with E-state index in [4.69, 9.17) is 17.3 Å². The molecule has 2 atom stereocenters. The summed E-state index contributed by atoms with van der Waals surface area (Å²) in [5.74, 6) is 0.501. The topological polar surface area (TPSA) is 84.1 Å². The highest BCUT2D eigenvalue weighted by molar-refractivity contribution is 6.28. The Morgan fingerprint density at radius 1 is 1.53 bits per heavy atom. The van der Waals surface area contributed by atoms with Gasteiger partial charge in [0.05, 0.1) is 24.0 Å². The van der Waals surface area contributed by atoms with Crippen LogP contribution in [-0.4, -0.2) is 27.2 Å². The molecule has 0 aromatic carbocycles. The number of anilines is 2. The normalized spacial score (nSPS) is 25.5. The molecule has 82 valence electrons. The molecule has 0 bridgehead atoms. The number of hydrogen-bond acceptors (Lipinski definition) is 5. The lowest BCUT2D eigenvalue weighted by Crippen LogP contribution is -2.28. The summed E-state index contributed by atoms with van der Waals surface area (Å²) in [4.78, 5) is 7.74. The van der Waals surface area contributed by atoms with Crippen molar-refractivity contribution in [2.75, 3.05) is 11.1 Å². The van der Waals surface area contributed by atoms with Crippen LogP contribution in [-0.2, 0) is 0 Å². The van der Waals surface area contributed by atoms with Gasteiger partial charge in [0.2, 0.25) is 5.28 Å². The second kappa shape index (κ2) is 4.20. The van der Waals surface area contributed by atoms with Crippen LogP contribution < -0.4 is 11.1 Å². The van der Waals surface area contributed by atoms with Crippen molar-refractivity contribution in [3.63, 3.8) is 0 Å². The van der Waals surface area contributed by atoms with Crippen LogP contribution in [0.1, 0.15) is 19.3 Å². The summed E-state index contributed by atoms with van der Waals surface area (Å²) >= 11 is 5.66. The molecule has 1 fully saturated rings. The Balaban J connectivity index is 2.12. The maximum Gasteiger partial charge on any atom is 0.224 e. The third-order valence-electron chi connectivity index (χ3n) is 2.59. The largest absolute Gasteiger partial charge is 0.394 e. The number of aliphatic hydroxyl groups excluding tert-OH is 1. The molecule has 1 aliphatic carbocycles. The zero-order valence-corrected chi connectivity index (χ0v) is 8.91. The Morgan fingerprint density at radius 2 is 2.33 bits per heavy atom. The van der Waals surface area contributed by atoms with E-state index < -0.39 is 0 Å². The Hall–Kier alpha value is -1.07. The molecule has 0 spiro atoms. The fraction of sp³-hybridized carbons (Fsp3) is 0.556. The molecule has 0 saturated heterocycles. The molecular formula is C9H13ClN4O. The Kier molecular flexibility index (Phi) is 2.93. The molecule has 2 rings (SSSR count). The van der Waals surface area contributed by atoms with E-state index in [1.54, 1.807) is 0 Å². The van der Waals surface area contributed by atoms with Gasteiger partial charge in [0.1, 0.15) is 0 Å². The fourth-order valence-corrected chi connectivity index (χ4v) is 1.90.